The molecule has 0 amide bonds. The number of nitriles is 3. The lowest BCUT2D eigenvalue weighted by Crippen LogP contribution is -1.93. The highest BCUT2D eigenvalue weighted by atomic mass is 16.5. The van der Waals surface area contributed by atoms with Crippen molar-refractivity contribution >= 4 is 45.0 Å². The SMILES string of the molecule is C.[C-]#[N+]c1ccc(Oc2cc(Oc3ccc(C)c(C#N)c3)c3ccccc3n2)cc1[N+]#[C-].[C-]#[N+]c1ccc(Oc2cc(Oc3ccc(C)c(C#N)c3)ncn2)cc1[N+]#[C-].[C-]#[N+]c1ccc(Oc2cccc(Oc3ccc(C)c(C#N)c3)n2)cc1[N+]#[C-]. The molecule has 0 aliphatic carbocycles. The second-order valence-corrected chi connectivity index (χ2v) is 17.5. The summed E-state index contributed by atoms with van der Waals surface area (Å²) in [6, 6.07) is 51.7. The Morgan fingerprint density at radius 2 is 0.709 bits per heavy atom. The van der Waals surface area contributed by atoms with E-state index in [1.54, 1.807) is 97.1 Å². The maximum Gasteiger partial charge on any atom is 0.226 e. The van der Waals surface area contributed by atoms with E-state index in [0.717, 1.165) is 22.1 Å². The number of aromatic nitrogens is 4. The molecule has 7 aromatic carbocycles. The fourth-order valence-corrected chi connectivity index (χ4v) is 7.54. The van der Waals surface area contributed by atoms with E-state index in [9.17, 15) is 5.26 Å². The van der Waals surface area contributed by atoms with Gasteiger partial charge < -0.3 is 28.4 Å². The molecule has 0 fully saturated rings. The summed E-state index contributed by atoms with van der Waals surface area (Å²) in [7, 11) is 0. The molecule has 0 radical (unpaired) electrons. The molecule has 0 unspecified atom stereocenters. The third kappa shape index (κ3) is 15.2. The number of benzene rings is 7. The number of nitrogens with zero attached hydrogens (tertiary/aromatic N) is 13. The first-order valence-corrected chi connectivity index (χ1v) is 24.8. The van der Waals surface area contributed by atoms with Crippen LogP contribution in [0.3, 0.4) is 0 Å². The van der Waals surface area contributed by atoms with Gasteiger partial charge >= 0.3 is 0 Å². The van der Waals surface area contributed by atoms with Gasteiger partial charge in [-0.05, 0) is 122 Å². The van der Waals surface area contributed by atoms with Crippen LogP contribution >= 0.6 is 0 Å². The number of hydrogen-bond donors (Lipinski definition) is 0. The number of aryl methyl sites for hydroxylation is 3. The van der Waals surface area contributed by atoms with Crippen LogP contribution in [0.1, 0.15) is 40.8 Å². The molecule has 0 aliphatic rings. The molecule has 0 N–H and O–H groups in total. The van der Waals surface area contributed by atoms with Gasteiger partial charge in [0.05, 0.1) is 85.9 Å². The number of para-hydroxylation sites is 1. The number of ether oxygens (including phenoxy) is 6. The zero-order valence-electron chi connectivity index (χ0n) is 44.9. The fraction of sp³-hybridized carbons (Fsp3) is 0.0597. The van der Waals surface area contributed by atoms with Crippen molar-refractivity contribution in [2.24, 2.45) is 0 Å². The van der Waals surface area contributed by atoms with Crippen LogP contribution in [0.2, 0.25) is 0 Å². The van der Waals surface area contributed by atoms with Gasteiger partial charge in [0.15, 0.2) is 34.1 Å². The molecule has 19 heteroatoms. The van der Waals surface area contributed by atoms with Crippen LogP contribution in [-0.2, 0) is 0 Å². The molecule has 86 heavy (non-hydrogen) atoms. The predicted octanol–water partition coefficient (Wildman–Crippen LogP) is 19.0. The first kappa shape index (κ1) is 60.0. The van der Waals surface area contributed by atoms with Crippen molar-refractivity contribution in [3.05, 3.63) is 272 Å². The highest BCUT2D eigenvalue weighted by molar-refractivity contribution is 5.86. The molecule has 0 aliphatic heterocycles. The van der Waals surface area contributed by atoms with Crippen molar-refractivity contribution in [3.63, 3.8) is 0 Å². The van der Waals surface area contributed by atoms with Crippen LogP contribution in [0.5, 0.6) is 69.6 Å². The zero-order valence-corrected chi connectivity index (χ0v) is 44.9. The van der Waals surface area contributed by atoms with Gasteiger partial charge in [0, 0.05) is 23.6 Å². The normalized spacial score (nSPS) is 9.60. The first-order chi connectivity index (χ1) is 41.3. The van der Waals surface area contributed by atoms with Gasteiger partial charge in [-0.2, -0.15) is 20.8 Å². The molecule has 10 rings (SSSR count). The Morgan fingerprint density at radius 3 is 1.12 bits per heavy atom. The van der Waals surface area contributed by atoms with Crippen molar-refractivity contribution in [2.45, 2.75) is 28.2 Å². The Labute approximate surface area is 495 Å². The molecule has 0 spiro atoms. The Morgan fingerprint density at radius 1 is 0.349 bits per heavy atom. The van der Waals surface area contributed by atoms with E-state index < -0.39 is 0 Å². The average molecular weight is 1120 g/mol. The highest BCUT2D eigenvalue weighted by Crippen LogP contribution is 2.39. The minimum Gasteiger partial charge on any atom is -0.456 e. The van der Waals surface area contributed by atoms with Crippen LogP contribution in [0.15, 0.2) is 170 Å². The maximum absolute atomic E-state index is 9.29. The summed E-state index contributed by atoms with van der Waals surface area (Å²) >= 11 is 0. The molecular formula is C67H41N13O6. The summed E-state index contributed by atoms with van der Waals surface area (Å²) in [5, 5.41) is 28.3. The number of rotatable bonds is 12. The summed E-state index contributed by atoms with van der Waals surface area (Å²) in [4.78, 5) is 36.8. The summed E-state index contributed by atoms with van der Waals surface area (Å²) in [5.41, 5.74) is 6.31. The lowest BCUT2D eigenvalue weighted by Gasteiger charge is -2.13. The van der Waals surface area contributed by atoms with Crippen LogP contribution < -0.4 is 28.4 Å². The molecular weight excluding hydrogens is 1080 g/mol. The topological polar surface area (TPSA) is 204 Å². The van der Waals surface area contributed by atoms with Gasteiger partial charge in [-0.3, -0.25) is 14.5 Å². The van der Waals surface area contributed by atoms with E-state index in [2.05, 4.69) is 67.2 Å². The van der Waals surface area contributed by atoms with Crippen molar-refractivity contribution in [1.29, 1.82) is 15.8 Å². The van der Waals surface area contributed by atoms with Gasteiger partial charge in [0.1, 0.15) is 46.6 Å². The smallest absolute Gasteiger partial charge is 0.226 e. The lowest BCUT2D eigenvalue weighted by molar-refractivity contribution is 0.426. The Hall–Kier alpha value is -13.6. The monoisotopic (exact) mass is 1120 g/mol. The second-order valence-electron chi connectivity index (χ2n) is 17.5. The minimum absolute atomic E-state index is 0. The Kier molecular flexibility index (Phi) is 19.9. The van der Waals surface area contributed by atoms with Crippen LogP contribution in [0.25, 0.3) is 40.0 Å². The van der Waals surface area contributed by atoms with Gasteiger partial charge in [-0.25, -0.2) is 29.5 Å². The Balaban J connectivity index is 0.000000184. The van der Waals surface area contributed by atoms with E-state index >= 15 is 0 Å². The summed E-state index contributed by atoms with van der Waals surface area (Å²) < 4.78 is 34.6. The predicted molar refractivity (Wildman–Crippen MR) is 320 cm³/mol. The fourth-order valence-electron chi connectivity index (χ4n) is 7.54. The third-order valence-electron chi connectivity index (χ3n) is 11.9. The average Bonchev–Trinajstić information content (AvgIpc) is 2.29. The maximum atomic E-state index is 9.29. The number of fused-ring (bicyclic) bond motifs is 1. The van der Waals surface area contributed by atoms with Crippen molar-refractivity contribution in [2.75, 3.05) is 0 Å². The molecule has 19 nitrogen and oxygen atoms in total. The van der Waals surface area contributed by atoms with Gasteiger partial charge in [0.2, 0.25) is 29.4 Å². The highest BCUT2D eigenvalue weighted by Gasteiger charge is 2.14. The van der Waals surface area contributed by atoms with E-state index in [1.165, 1.54) is 42.7 Å². The standard InChI is InChI=1S/C25H14N4O2.C21H12N4O2.C20H11N5O2.CH4/c1-16-8-9-18(12-17(16)15-26)30-24-14-25(29-21-7-5-4-6-20(21)24)31-19-10-11-22(27-2)23(13-19)28-3;1-14-7-8-16(11-15(14)13-22)26-20-5-4-6-21(25-20)27-17-9-10-18(23-2)19(12-17)24-3;1-13-4-5-15(8-14(13)11-21)26-19-10-20(25-12-24-19)27-16-6-7-17(22-2)18(9-16)23-3;/h4-14H,1H3;4-12H,1H3;4-10,12H,1H3;1H4. The van der Waals surface area contributed by atoms with E-state index in [-0.39, 0.29) is 65.1 Å². The number of pyridine rings is 2. The molecule has 410 valence electrons. The van der Waals surface area contributed by atoms with E-state index in [4.69, 9.17) is 78.4 Å². The second kappa shape index (κ2) is 28.5. The van der Waals surface area contributed by atoms with Crippen molar-refractivity contribution in [1.82, 2.24) is 19.9 Å². The lowest BCUT2D eigenvalue weighted by atomic mass is 10.1. The summed E-state index contributed by atoms with van der Waals surface area (Å²) in [6.07, 6.45) is 1.29. The summed E-state index contributed by atoms with van der Waals surface area (Å²) in [6.45, 7) is 48.3. The van der Waals surface area contributed by atoms with Gasteiger partial charge in [-0.15, -0.1) is 0 Å². The van der Waals surface area contributed by atoms with E-state index in [0.29, 0.717) is 68.3 Å². The van der Waals surface area contributed by atoms with Crippen LogP contribution in [0.4, 0.5) is 34.1 Å². The molecule has 0 saturated heterocycles. The molecule has 3 aromatic heterocycles. The zero-order chi connectivity index (χ0) is 60.2. The van der Waals surface area contributed by atoms with Gasteiger partial charge in [-0.1, -0.05) is 62.0 Å². The Bertz CT molecular complexity index is 4450. The third-order valence-corrected chi connectivity index (χ3v) is 11.9. The van der Waals surface area contributed by atoms with E-state index in [1.807, 2.05) is 51.1 Å². The molecule has 3 heterocycles. The van der Waals surface area contributed by atoms with Crippen LogP contribution in [-0.4, -0.2) is 19.9 Å². The largest absolute Gasteiger partial charge is 0.456 e. The quantitative estimate of drug-likeness (QED) is 0.105. The summed E-state index contributed by atoms with van der Waals surface area (Å²) in [5.74, 6) is 4.54. The minimum atomic E-state index is 0. The van der Waals surface area contributed by atoms with Crippen molar-refractivity contribution in [3.8, 4) is 87.9 Å². The van der Waals surface area contributed by atoms with Crippen LogP contribution in [0, 0.1) is 94.2 Å². The number of hydrogen-bond acceptors (Lipinski definition) is 13. The molecule has 0 bridgehead atoms. The molecule has 10 aromatic rings. The van der Waals surface area contributed by atoms with Gasteiger partial charge in [0.25, 0.3) is 0 Å². The van der Waals surface area contributed by atoms with Crippen molar-refractivity contribution < 1.29 is 28.4 Å². The molecule has 0 atom stereocenters. The molecule has 0 saturated carbocycles. The first-order valence-electron chi connectivity index (χ1n) is 24.8.